The molecule has 0 aliphatic heterocycles. The smallest absolute Gasteiger partial charge is 0.237 e. The Morgan fingerprint density at radius 1 is 1.25 bits per heavy atom. The van der Waals surface area contributed by atoms with Crippen molar-refractivity contribution in [3.8, 4) is 0 Å². The third-order valence-electron chi connectivity index (χ3n) is 4.11. The van der Waals surface area contributed by atoms with Crippen molar-refractivity contribution in [3.63, 3.8) is 0 Å². The maximum atomic E-state index is 11.8. The van der Waals surface area contributed by atoms with Gasteiger partial charge in [-0.3, -0.25) is 4.79 Å². The lowest BCUT2D eigenvalue weighted by molar-refractivity contribution is -0.123. The second kappa shape index (κ2) is 6.89. The number of amides is 1. The number of carbonyl (C=O) groups is 1. The number of carbonyl (C=O) groups excluding carboxylic acids is 1. The molecule has 3 nitrogen and oxygen atoms in total. The molecule has 0 bridgehead atoms. The largest absolute Gasteiger partial charge is 0.351 e. The zero-order valence-corrected chi connectivity index (χ0v) is 13.4. The minimum absolute atomic E-state index is 0.0852. The van der Waals surface area contributed by atoms with E-state index in [9.17, 15) is 4.79 Å². The van der Waals surface area contributed by atoms with E-state index in [0.717, 1.165) is 12.0 Å². The molecule has 3 heteroatoms. The SMILES string of the molecule is CCC(C)(C)c1ccc(CNC(=O)[C@@H](N)C(C)C)cc1. The normalized spacial score (nSPS) is 13.3. The molecule has 1 aromatic rings. The maximum absolute atomic E-state index is 11.8. The summed E-state index contributed by atoms with van der Waals surface area (Å²) >= 11 is 0. The van der Waals surface area contributed by atoms with E-state index in [1.165, 1.54) is 5.56 Å². The van der Waals surface area contributed by atoms with Crippen molar-refractivity contribution in [2.75, 3.05) is 0 Å². The van der Waals surface area contributed by atoms with E-state index in [2.05, 4.69) is 50.4 Å². The molecule has 20 heavy (non-hydrogen) atoms. The molecule has 0 spiro atoms. The van der Waals surface area contributed by atoms with Crippen molar-refractivity contribution in [2.24, 2.45) is 11.7 Å². The fourth-order valence-corrected chi connectivity index (χ4v) is 1.89. The van der Waals surface area contributed by atoms with E-state index in [4.69, 9.17) is 5.73 Å². The summed E-state index contributed by atoms with van der Waals surface area (Å²) in [4.78, 5) is 11.8. The van der Waals surface area contributed by atoms with Crippen LogP contribution in [0.15, 0.2) is 24.3 Å². The highest BCUT2D eigenvalue weighted by molar-refractivity contribution is 5.81. The summed E-state index contributed by atoms with van der Waals surface area (Å²) in [5.41, 5.74) is 8.44. The van der Waals surface area contributed by atoms with Crippen LogP contribution in [-0.4, -0.2) is 11.9 Å². The van der Waals surface area contributed by atoms with Gasteiger partial charge in [0.05, 0.1) is 6.04 Å². The Kier molecular flexibility index (Phi) is 5.75. The first-order chi connectivity index (χ1) is 9.27. The van der Waals surface area contributed by atoms with Crippen LogP contribution in [-0.2, 0) is 16.8 Å². The Balaban J connectivity index is 2.61. The van der Waals surface area contributed by atoms with Gasteiger partial charge in [0, 0.05) is 6.54 Å². The molecule has 0 aromatic heterocycles. The Hall–Kier alpha value is -1.35. The van der Waals surface area contributed by atoms with Gasteiger partial charge in [0.1, 0.15) is 0 Å². The van der Waals surface area contributed by atoms with Gasteiger partial charge in [0.15, 0.2) is 0 Å². The fraction of sp³-hybridized carbons (Fsp3) is 0.588. The van der Waals surface area contributed by atoms with Crippen LogP contribution in [0.1, 0.15) is 52.2 Å². The van der Waals surface area contributed by atoms with Crippen LogP contribution in [0.2, 0.25) is 0 Å². The summed E-state index contributed by atoms with van der Waals surface area (Å²) in [5.74, 6) is 0.0701. The maximum Gasteiger partial charge on any atom is 0.237 e. The van der Waals surface area contributed by atoms with Crippen LogP contribution >= 0.6 is 0 Å². The van der Waals surface area contributed by atoms with Crippen LogP contribution in [0, 0.1) is 5.92 Å². The molecule has 0 fully saturated rings. The van der Waals surface area contributed by atoms with Gasteiger partial charge in [-0.15, -0.1) is 0 Å². The van der Waals surface area contributed by atoms with E-state index in [1.54, 1.807) is 0 Å². The number of hydrogen-bond donors (Lipinski definition) is 2. The van der Waals surface area contributed by atoms with Crippen LogP contribution in [0.3, 0.4) is 0 Å². The number of rotatable bonds is 6. The summed E-state index contributed by atoms with van der Waals surface area (Å²) in [7, 11) is 0. The minimum Gasteiger partial charge on any atom is -0.351 e. The quantitative estimate of drug-likeness (QED) is 0.839. The standard InChI is InChI=1S/C17H28N2O/c1-6-17(4,5)14-9-7-13(8-10-14)11-19-16(20)15(18)12(2)3/h7-10,12,15H,6,11,18H2,1-5H3,(H,19,20)/t15-/m0/s1. The molecule has 0 saturated heterocycles. The Morgan fingerprint density at radius 2 is 1.80 bits per heavy atom. The van der Waals surface area contributed by atoms with Crippen molar-refractivity contribution < 1.29 is 4.79 Å². The molecule has 112 valence electrons. The van der Waals surface area contributed by atoms with Crippen molar-refractivity contribution in [3.05, 3.63) is 35.4 Å². The summed E-state index contributed by atoms with van der Waals surface area (Å²) in [5, 5.41) is 2.89. The number of hydrogen-bond acceptors (Lipinski definition) is 2. The average Bonchev–Trinajstić information content (AvgIpc) is 2.44. The molecule has 0 radical (unpaired) electrons. The summed E-state index contributed by atoms with van der Waals surface area (Å²) in [6.45, 7) is 11.1. The van der Waals surface area contributed by atoms with E-state index >= 15 is 0 Å². The zero-order valence-electron chi connectivity index (χ0n) is 13.4. The lowest BCUT2D eigenvalue weighted by atomic mass is 9.82. The Labute approximate surface area is 122 Å². The van der Waals surface area contributed by atoms with Gasteiger partial charge < -0.3 is 11.1 Å². The molecule has 0 heterocycles. The van der Waals surface area contributed by atoms with Crippen LogP contribution in [0.5, 0.6) is 0 Å². The molecule has 0 saturated carbocycles. The first-order valence-corrected chi connectivity index (χ1v) is 7.40. The van der Waals surface area contributed by atoms with Crippen LogP contribution in [0.4, 0.5) is 0 Å². The summed E-state index contributed by atoms with van der Waals surface area (Å²) in [6.07, 6.45) is 1.10. The Morgan fingerprint density at radius 3 is 2.25 bits per heavy atom. The second-order valence-corrected chi connectivity index (χ2v) is 6.42. The minimum atomic E-state index is -0.437. The highest BCUT2D eigenvalue weighted by Crippen LogP contribution is 2.26. The topological polar surface area (TPSA) is 55.1 Å². The predicted molar refractivity (Wildman–Crippen MR) is 84.4 cm³/mol. The number of benzene rings is 1. The fourth-order valence-electron chi connectivity index (χ4n) is 1.89. The molecule has 1 aromatic carbocycles. The van der Waals surface area contributed by atoms with Gasteiger partial charge in [-0.25, -0.2) is 0 Å². The Bertz CT molecular complexity index is 435. The monoisotopic (exact) mass is 276 g/mol. The van der Waals surface area contributed by atoms with E-state index in [0.29, 0.717) is 6.54 Å². The molecule has 1 amide bonds. The highest BCUT2D eigenvalue weighted by atomic mass is 16.2. The predicted octanol–water partition coefficient (Wildman–Crippen LogP) is 2.97. The van der Waals surface area contributed by atoms with Gasteiger partial charge in [-0.1, -0.05) is 58.9 Å². The molecule has 0 unspecified atom stereocenters. The molecular weight excluding hydrogens is 248 g/mol. The molecule has 0 aliphatic carbocycles. The van der Waals surface area contributed by atoms with Crippen molar-refractivity contribution >= 4 is 5.91 Å². The third kappa shape index (κ3) is 4.34. The number of nitrogens with one attached hydrogen (secondary N) is 1. The van der Waals surface area contributed by atoms with Crippen molar-refractivity contribution in [1.82, 2.24) is 5.32 Å². The molecule has 1 atom stereocenters. The summed E-state index contributed by atoms with van der Waals surface area (Å²) < 4.78 is 0. The first kappa shape index (κ1) is 16.7. The van der Waals surface area contributed by atoms with Crippen molar-refractivity contribution in [2.45, 2.75) is 59.0 Å². The first-order valence-electron chi connectivity index (χ1n) is 7.40. The van der Waals surface area contributed by atoms with Crippen molar-refractivity contribution in [1.29, 1.82) is 0 Å². The van der Waals surface area contributed by atoms with Gasteiger partial charge in [-0.05, 0) is 28.9 Å². The van der Waals surface area contributed by atoms with Crippen LogP contribution in [0.25, 0.3) is 0 Å². The van der Waals surface area contributed by atoms with Gasteiger partial charge >= 0.3 is 0 Å². The van der Waals surface area contributed by atoms with E-state index in [1.807, 2.05) is 13.8 Å². The highest BCUT2D eigenvalue weighted by Gasteiger charge is 2.18. The molecular formula is C17H28N2O. The zero-order chi connectivity index (χ0) is 15.3. The average molecular weight is 276 g/mol. The third-order valence-corrected chi connectivity index (χ3v) is 4.11. The molecule has 1 rings (SSSR count). The lowest BCUT2D eigenvalue weighted by Crippen LogP contribution is -2.43. The second-order valence-electron chi connectivity index (χ2n) is 6.42. The molecule has 3 N–H and O–H groups in total. The van der Waals surface area contributed by atoms with Gasteiger partial charge in [-0.2, -0.15) is 0 Å². The lowest BCUT2D eigenvalue weighted by Gasteiger charge is -2.23. The van der Waals surface area contributed by atoms with E-state index in [-0.39, 0.29) is 17.2 Å². The summed E-state index contributed by atoms with van der Waals surface area (Å²) in [6, 6.07) is 8.01. The van der Waals surface area contributed by atoms with Gasteiger partial charge in [0.2, 0.25) is 5.91 Å². The van der Waals surface area contributed by atoms with E-state index < -0.39 is 6.04 Å². The number of nitrogens with two attached hydrogens (primary N) is 1. The van der Waals surface area contributed by atoms with Gasteiger partial charge in [0.25, 0.3) is 0 Å². The van der Waals surface area contributed by atoms with Crippen LogP contribution < -0.4 is 11.1 Å². The molecule has 0 aliphatic rings.